The third kappa shape index (κ3) is 5.72. The fourth-order valence-corrected chi connectivity index (χ4v) is 2.58. The van der Waals surface area contributed by atoms with Gasteiger partial charge in [0.1, 0.15) is 0 Å². The highest BCUT2D eigenvalue weighted by Crippen LogP contribution is 2.12. The summed E-state index contributed by atoms with van der Waals surface area (Å²) < 4.78 is 0. The van der Waals surface area contributed by atoms with Crippen LogP contribution >= 0.6 is 12.4 Å². The van der Waals surface area contributed by atoms with Gasteiger partial charge in [-0.2, -0.15) is 0 Å². The zero-order chi connectivity index (χ0) is 17.5. The van der Waals surface area contributed by atoms with Crippen molar-refractivity contribution in [3.63, 3.8) is 0 Å². The summed E-state index contributed by atoms with van der Waals surface area (Å²) in [6, 6.07) is 6.48. The van der Waals surface area contributed by atoms with Gasteiger partial charge >= 0.3 is 6.03 Å². The molecule has 1 aromatic carbocycles. The molecule has 1 aromatic rings. The Kier molecular flexibility index (Phi) is 8.37. The number of carbonyl (C=O) groups is 3. The SMILES string of the molecule is CCCCC(CN)NC(=O)c1cccc(CN2C(=O)CNC2=O)c1.Cl. The fourth-order valence-electron chi connectivity index (χ4n) is 2.58. The van der Waals surface area contributed by atoms with Gasteiger partial charge in [-0.05, 0) is 24.1 Å². The van der Waals surface area contributed by atoms with Crippen molar-refractivity contribution in [2.24, 2.45) is 5.73 Å². The van der Waals surface area contributed by atoms with Crippen molar-refractivity contribution >= 4 is 30.3 Å². The highest BCUT2D eigenvalue weighted by atomic mass is 35.5. The smallest absolute Gasteiger partial charge is 0.324 e. The van der Waals surface area contributed by atoms with E-state index in [9.17, 15) is 14.4 Å². The second-order valence-corrected chi connectivity index (χ2v) is 5.89. The molecule has 8 heteroatoms. The molecule has 7 nitrogen and oxygen atoms in total. The monoisotopic (exact) mass is 368 g/mol. The van der Waals surface area contributed by atoms with Gasteiger partial charge in [-0.1, -0.05) is 31.9 Å². The van der Waals surface area contributed by atoms with E-state index in [-0.39, 0.29) is 43.4 Å². The van der Waals surface area contributed by atoms with Gasteiger partial charge in [0.05, 0.1) is 13.1 Å². The summed E-state index contributed by atoms with van der Waals surface area (Å²) in [4.78, 5) is 36.7. The molecule has 1 unspecified atom stereocenters. The number of halogens is 1. The average molecular weight is 369 g/mol. The summed E-state index contributed by atoms with van der Waals surface area (Å²) in [7, 11) is 0. The summed E-state index contributed by atoms with van der Waals surface area (Å²) >= 11 is 0. The molecule has 1 atom stereocenters. The molecular weight excluding hydrogens is 344 g/mol. The van der Waals surface area contributed by atoms with Gasteiger partial charge in [-0.15, -0.1) is 12.4 Å². The lowest BCUT2D eigenvalue weighted by molar-refractivity contribution is -0.125. The first-order valence-corrected chi connectivity index (χ1v) is 8.23. The number of urea groups is 1. The van der Waals surface area contributed by atoms with Gasteiger partial charge < -0.3 is 16.4 Å². The predicted molar refractivity (Wildman–Crippen MR) is 97.5 cm³/mol. The molecule has 25 heavy (non-hydrogen) atoms. The molecule has 1 aliphatic rings. The molecular formula is C17H25ClN4O3. The van der Waals surface area contributed by atoms with Crippen LogP contribution < -0.4 is 16.4 Å². The van der Waals surface area contributed by atoms with Gasteiger partial charge in [0.15, 0.2) is 0 Å². The molecule has 0 spiro atoms. The van der Waals surface area contributed by atoms with Gasteiger partial charge in [0.25, 0.3) is 5.91 Å². The molecule has 138 valence electrons. The van der Waals surface area contributed by atoms with Gasteiger partial charge in [-0.25, -0.2) is 4.79 Å². The van der Waals surface area contributed by atoms with Crippen molar-refractivity contribution in [1.82, 2.24) is 15.5 Å². The third-order valence-electron chi connectivity index (χ3n) is 3.99. The number of nitrogens with two attached hydrogens (primary N) is 1. The molecule has 1 saturated heterocycles. The molecule has 1 aliphatic heterocycles. The number of rotatable bonds is 8. The zero-order valence-corrected chi connectivity index (χ0v) is 15.1. The minimum Gasteiger partial charge on any atom is -0.348 e. The lowest BCUT2D eigenvalue weighted by Crippen LogP contribution is -2.40. The molecule has 2 rings (SSSR count). The minimum atomic E-state index is -0.405. The average Bonchev–Trinajstić information content (AvgIpc) is 2.90. The van der Waals surface area contributed by atoms with Gasteiger partial charge in [0, 0.05) is 18.2 Å². The van der Waals surface area contributed by atoms with Crippen LogP contribution in [-0.2, 0) is 11.3 Å². The van der Waals surface area contributed by atoms with Gasteiger partial charge in [0.2, 0.25) is 5.91 Å². The van der Waals surface area contributed by atoms with Crippen molar-refractivity contribution < 1.29 is 14.4 Å². The Morgan fingerprint density at radius 1 is 1.40 bits per heavy atom. The molecule has 0 aromatic heterocycles. The van der Waals surface area contributed by atoms with E-state index in [0.717, 1.165) is 29.7 Å². The lowest BCUT2D eigenvalue weighted by Gasteiger charge is -2.17. The van der Waals surface area contributed by atoms with Crippen LogP contribution in [0.3, 0.4) is 0 Å². The number of nitrogens with one attached hydrogen (secondary N) is 2. The second kappa shape index (κ2) is 10.0. The zero-order valence-electron chi connectivity index (χ0n) is 14.3. The van der Waals surface area contributed by atoms with Crippen molar-refractivity contribution in [3.8, 4) is 0 Å². The Labute approximate surface area is 153 Å². The topological polar surface area (TPSA) is 105 Å². The Morgan fingerprint density at radius 3 is 2.76 bits per heavy atom. The Balaban J connectivity index is 0.00000312. The first kappa shape index (κ1) is 20.9. The van der Waals surface area contributed by atoms with E-state index < -0.39 is 6.03 Å². The molecule has 0 aliphatic carbocycles. The maximum absolute atomic E-state index is 12.4. The third-order valence-corrected chi connectivity index (χ3v) is 3.99. The van der Waals surface area contributed by atoms with E-state index in [1.807, 2.05) is 0 Å². The minimum absolute atomic E-state index is 0. The van der Waals surface area contributed by atoms with Gasteiger partial charge in [-0.3, -0.25) is 14.5 Å². The van der Waals surface area contributed by atoms with Crippen LogP contribution in [0.2, 0.25) is 0 Å². The van der Waals surface area contributed by atoms with Crippen LogP contribution in [0.5, 0.6) is 0 Å². The maximum atomic E-state index is 12.4. The van der Waals surface area contributed by atoms with Crippen LogP contribution in [0.15, 0.2) is 24.3 Å². The number of carbonyl (C=O) groups excluding carboxylic acids is 3. The number of hydrogen-bond donors (Lipinski definition) is 3. The molecule has 1 heterocycles. The molecule has 0 radical (unpaired) electrons. The predicted octanol–water partition coefficient (Wildman–Crippen LogP) is 1.41. The van der Waals surface area contributed by atoms with Crippen molar-refractivity contribution in [3.05, 3.63) is 35.4 Å². The lowest BCUT2D eigenvalue weighted by atomic mass is 10.1. The fraction of sp³-hybridized carbons (Fsp3) is 0.471. The summed E-state index contributed by atoms with van der Waals surface area (Å²) in [5.41, 5.74) is 6.93. The number of benzene rings is 1. The van der Waals surface area contributed by atoms with E-state index in [1.54, 1.807) is 24.3 Å². The van der Waals surface area contributed by atoms with E-state index >= 15 is 0 Å². The Hall–Kier alpha value is -2.12. The highest BCUT2D eigenvalue weighted by molar-refractivity contribution is 6.02. The first-order chi connectivity index (χ1) is 11.5. The molecule has 0 bridgehead atoms. The van der Waals surface area contributed by atoms with E-state index in [2.05, 4.69) is 17.6 Å². The number of imide groups is 1. The van der Waals surface area contributed by atoms with E-state index in [4.69, 9.17) is 5.73 Å². The summed E-state index contributed by atoms with van der Waals surface area (Å²) in [6.07, 6.45) is 2.91. The van der Waals surface area contributed by atoms with E-state index in [1.165, 1.54) is 0 Å². The van der Waals surface area contributed by atoms with Crippen molar-refractivity contribution in [1.29, 1.82) is 0 Å². The van der Waals surface area contributed by atoms with Crippen LogP contribution in [0.1, 0.15) is 42.1 Å². The molecule has 4 N–H and O–H groups in total. The first-order valence-electron chi connectivity index (χ1n) is 8.23. The normalized spacial score (nSPS) is 14.7. The molecule has 4 amide bonds. The highest BCUT2D eigenvalue weighted by Gasteiger charge is 2.28. The number of hydrogen-bond acceptors (Lipinski definition) is 4. The summed E-state index contributed by atoms with van der Waals surface area (Å²) in [6.45, 7) is 2.67. The number of unbranched alkanes of at least 4 members (excludes halogenated alkanes) is 1. The molecule has 1 fully saturated rings. The van der Waals surface area contributed by atoms with Crippen LogP contribution in [0.25, 0.3) is 0 Å². The van der Waals surface area contributed by atoms with Crippen LogP contribution in [0.4, 0.5) is 4.79 Å². The Bertz CT molecular complexity index is 608. The summed E-state index contributed by atoms with van der Waals surface area (Å²) in [5, 5.41) is 5.41. The number of nitrogens with zero attached hydrogens (tertiary/aromatic N) is 1. The quantitative estimate of drug-likeness (QED) is 0.603. The summed E-state index contributed by atoms with van der Waals surface area (Å²) in [5.74, 6) is -0.460. The number of amides is 4. The van der Waals surface area contributed by atoms with E-state index in [0.29, 0.717) is 12.1 Å². The standard InChI is InChI=1S/C17H24N4O3.ClH/c1-2-3-7-14(9-18)20-16(23)13-6-4-5-12(8-13)11-21-15(22)10-19-17(21)24;/h4-6,8,14H,2-3,7,9-11,18H2,1H3,(H,19,24)(H,20,23);1H. The maximum Gasteiger partial charge on any atom is 0.324 e. The Morgan fingerprint density at radius 2 is 2.16 bits per heavy atom. The van der Waals surface area contributed by atoms with Crippen LogP contribution in [-0.4, -0.2) is 41.9 Å². The molecule has 0 saturated carbocycles. The largest absolute Gasteiger partial charge is 0.348 e. The van der Waals surface area contributed by atoms with Crippen LogP contribution in [0, 0.1) is 0 Å². The second-order valence-electron chi connectivity index (χ2n) is 5.89. The van der Waals surface area contributed by atoms with Crippen molar-refractivity contribution in [2.45, 2.75) is 38.8 Å². The van der Waals surface area contributed by atoms with Crippen molar-refractivity contribution in [2.75, 3.05) is 13.1 Å².